The van der Waals surface area contributed by atoms with Crippen LogP contribution in [-0.2, 0) is 25.7 Å². The fourth-order valence-electron chi connectivity index (χ4n) is 3.80. The molecule has 1 fully saturated rings. The molecule has 0 spiro atoms. The molecule has 31 heavy (non-hydrogen) atoms. The van der Waals surface area contributed by atoms with Crippen molar-refractivity contribution in [3.8, 4) is 0 Å². The number of nitrogens with zero attached hydrogens (tertiary/aromatic N) is 3. The van der Waals surface area contributed by atoms with E-state index in [4.69, 9.17) is 10.5 Å². The summed E-state index contributed by atoms with van der Waals surface area (Å²) in [5.74, 6) is -0.881. The molecule has 3 N–H and O–H groups in total. The van der Waals surface area contributed by atoms with Crippen LogP contribution in [0.25, 0.3) is 0 Å². The molecule has 2 heterocycles. The van der Waals surface area contributed by atoms with E-state index in [9.17, 15) is 14.4 Å². The van der Waals surface area contributed by atoms with E-state index in [1.54, 1.807) is 32.7 Å². The number of carbonyl (C=O) groups is 3. The van der Waals surface area contributed by atoms with Gasteiger partial charge in [0.25, 0.3) is 5.91 Å². The Labute approximate surface area is 182 Å². The highest BCUT2D eigenvalue weighted by atomic mass is 16.5. The van der Waals surface area contributed by atoms with Crippen LogP contribution in [0.5, 0.6) is 0 Å². The summed E-state index contributed by atoms with van der Waals surface area (Å²) in [5, 5.41) is 8.38. The number of hydrogen-bond donors (Lipinski definition) is 2. The Kier molecular flexibility index (Phi) is 6.47. The van der Waals surface area contributed by atoms with Crippen LogP contribution in [0.4, 0.5) is 0 Å². The summed E-state index contributed by atoms with van der Waals surface area (Å²) < 4.78 is 5.76. The van der Waals surface area contributed by atoms with Crippen molar-refractivity contribution < 1.29 is 19.1 Å². The van der Waals surface area contributed by atoms with Crippen molar-refractivity contribution in [3.05, 3.63) is 35.9 Å². The zero-order valence-electron chi connectivity index (χ0n) is 18.6. The van der Waals surface area contributed by atoms with Gasteiger partial charge in [-0.2, -0.15) is 5.10 Å². The van der Waals surface area contributed by atoms with Crippen LogP contribution in [0.3, 0.4) is 0 Å². The molecule has 2 aliphatic heterocycles. The van der Waals surface area contributed by atoms with Gasteiger partial charge in [0.05, 0.1) is 24.5 Å². The molecule has 1 aromatic rings. The molecule has 0 bridgehead atoms. The van der Waals surface area contributed by atoms with Gasteiger partial charge in [-0.25, -0.2) is 5.01 Å². The maximum Gasteiger partial charge on any atom is 0.255 e. The second-order valence-electron chi connectivity index (χ2n) is 8.97. The Morgan fingerprint density at radius 2 is 2.00 bits per heavy atom. The van der Waals surface area contributed by atoms with Crippen molar-refractivity contribution in [2.75, 3.05) is 26.7 Å². The maximum atomic E-state index is 13.3. The fraction of sp³-hybridized carbons (Fsp3) is 0.545. The fourth-order valence-corrected chi connectivity index (χ4v) is 3.80. The number of amides is 3. The number of rotatable bonds is 7. The molecule has 0 aliphatic carbocycles. The number of carbonyl (C=O) groups excluding carboxylic acids is 3. The van der Waals surface area contributed by atoms with Gasteiger partial charge in [-0.05, 0) is 26.3 Å². The molecule has 0 aromatic heterocycles. The van der Waals surface area contributed by atoms with Gasteiger partial charge in [-0.3, -0.25) is 14.4 Å². The van der Waals surface area contributed by atoms with E-state index >= 15 is 0 Å². The van der Waals surface area contributed by atoms with Gasteiger partial charge in [0, 0.05) is 26.6 Å². The van der Waals surface area contributed by atoms with Crippen molar-refractivity contribution in [2.24, 2.45) is 16.3 Å². The van der Waals surface area contributed by atoms with Gasteiger partial charge < -0.3 is 20.7 Å². The smallest absolute Gasteiger partial charge is 0.255 e. The lowest BCUT2D eigenvalue weighted by Crippen LogP contribution is -2.60. The van der Waals surface area contributed by atoms with Crippen molar-refractivity contribution in [2.45, 2.75) is 45.4 Å². The van der Waals surface area contributed by atoms with Gasteiger partial charge in [0.1, 0.15) is 11.5 Å². The molecule has 1 unspecified atom stereocenters. The van der Waals surface area contributed by atoms with E-state index in [0.29, 0.717) is 19.6 Å². The first-order valence-electron chi connectivity index (χ1n) is 10.4. The molecule has 2 aliphatic rings. The molecule has 0 saturated carbocycles. The first-order chi connectivity index (χ1) is 14.5. The lowest BCUT2D eigenvalue weighted by molar-refractivity contribution is -0.143. The Hall–Kier alpha value is -2.78. The normalized spacial score (nSPS) is 22.1. The summed E-state index contributed by atoms with van der Waals surface area (Å²) in [5.41, 5.74) is 5.67. The largest absolute Gasteiger partial charge is 0.374 e. The predicted octanol–water partition coefficient (Wildman–Crippen LogP) is 0.492. The highest BCUT2D eigenvalue weighted by molar-refractivity contribution is 6.13. The first kappa shape index (κ1) is 22.9. The maximum absolute atomic E-state index is 13.3. The number of hydrogen-bond acceptors (Lipinski definition) is 6. The van der Waals surface area contributed by atoms with Crippen LogP contribution in [0.2, 0.25) is 0 Å². The van der Waals surface area contributed by atoms with Crippen LogP contribution in [0.15, 0.2) is 35.4 Å². The first-order valence-corrected chi connectivity index (χ1v) is 10.4. The second kappa shape index (κ2) is 8.76. The number of nitrogens with two attached hydrogens (primary N) is 1. The summed E-state index contributed by atoms with van der Waals surface area (Å²) in [4.78, 5) is 40.0. The molecular formula is C22H31N5O4. The minimum atomic E-state index is -1.14. The standard InChI is InChI=1S/C22H31N5O4/c1-21(2,23)19(29)24-16(13-31-12-15-8-6-5-7-9-15)18(28)27-11-10-17-22(3,14-27)20(30)26(4)25-17/h5-9,16H,10-14,23H2,1-4H3,(H,24,29)/t16-,22?/m1/s1. The second-order valence-corrected chi connectivity index (χ2v) is 8.97. The average Bonchev–Trinajstić information content (AvgIpc) is 2.95. The molecule has 3 amide bonds. The monoisotopic (exact) mass is 429 g/mol. The molecule has 168 valence electrons. The van der Waals surface area contributed by atoms with Crippen molar-refractivity contribution in [1.82, 2.24) is 15.2 Å². The summed E-state index contributed by atoms with van der Waals surface area (Å²) in [6.45, 7) is 5.90. The van der Waals surface area contributed by atoms with Gasteiger partial charge in [-0.15, -0.1) is 0 Å². The Bertz CT molecular complexity index is 880. The molecule has 3 rings (SSSR count). The third-order valence-electron chi connectivity index (χ3n) is 5.70. The van der Waals surface area contributed by atoms with Gasteiger partial charge in [-0.1, -0.05) is 30.3 Å². The molecule has 9 nitrogen and oxygen atoms in total. The number of piperidine rings is 1. The predicted molar refractivity (Wildman–Crippen MR) is 116 cm³/mol. The summed E-state index contributed by atoms with van der Waals surface area (Å²) in [6.07, 6.45) is 0.506. The van der Waals surface area contributed by atoms with E-state index in [-0.39, 0.29) is 25.0 Å². The molecule has 9 heteroatoms. The molecule has 1 aromatic carbocycles. The van der Waals surface area contributed by atoms with E-state index in [2.05, 4.69) is 10.4 Å². The Balaban J connectivity index is 1.71. The minimum Gasteiger partial charge on any atom is -0.374 e. The summed E-state index contributed by atoms with van der Waals surface area (Å²) in [6, 6.07) is 8.66. The van der Waals surface area contributed by atoms with E-state index in [1.165, 1.54) is 5.01 Å². The third-order valence-corrected chi connectivity index (χ3v) is 5.70. The number of nitrogens with one attached hydrogen (secondary N) is 1. The van der Waals surface area contributed by atoms with Crippen LogP contribution in [0.1, 0.15) is 32.8 Å². The van der Waals surface area contributed by atoms with E-state index < -0.39 is 22.9 Å². The Morgan fingerprint density at radius 1 is 1.32 bits per heavy atom. The summed E-state index contributed by atoms with van der Waals surface area (Å²) in [7, 11) is 1.62. The van der Waals surface area contributed by atoms with Crippen LogP contribution in [-0.4, -0.2) is 71.7 Å². The van der Waals surface area contributed by atoms with Crippen LogP contribution < -0.4 is 11.1 Å². The number of hydrazone groups is 1. The average molecular weight is 430 g/mol. The van der Waals surface area contributed by atoms with E-state index in [0.717, 1.165) is 11.3 Å². The van der Waals surface area contributed by atoms with Crippen LogP contribution >= 0.6 is 0 Å². The quantitative estimate of drug-likeness (QED) is 0.654. The number of likely N-dealkylation sites (tertiary alicyclic amines) is 1. The van der Waals surface area contributed by atoms with E-state index in [1.807, 2.05) is 30.3 Å². The van der Waals surface area contributed by atoms with Gasteiger partial charge in [0.2, 0.25) is 11.8 Å². The number of benzene rings is 1. The third kappa shape index (κ3) is 4.94. The molecule has 0 radical (unpaired) electrons. The van der Waals surface area contributed by atoms with Crippen molar-refractivity contribution in [1.29, 1.82) is 0 Å². The number of fused-ring (bicyclic) bond motifs is 1. The SMILES string of the molecule is CN1N=C2CCN(C(=O)[C@@H](COCc3ccccc3)NC(=O)C(C)(C)N)CC2(C)C1=O. The number of ether oxygens (including phenoxy) is 1. The topological polar surface area (TPSA) is 117 Å². The molecule has 1 saturated heterocycles. The van der Waals surface area contributed by atoms with Crippen molar-refractivity contribution in [3.63, 3.8) is 0 Å². The van der Waals surface area contributed by atoms with Gasteiger partial charge in [0.15, 0.2) is 0 Å². The molecular weight excluding hydrogens is 398 g/mol. The zero-order chi connectivity index (χ0) is 22.8. The van der Waals surface area contributed by atoms with Crippen molar-refractivity contribution >= 4 is 23.4 Å². The highest BCUT2D eigenvalue weighted by Crippen LogP contribution is 2.34. The molecule has 2 atom stereocenters. The lowest BCUT2D eigenvalue weighted by atomic mass is 9.79. The minimum absolute atomic E-state index is 0.00242. The Morgan fingerprint density at radius 3 is 2.65 bits per heavy atom. The zero-order valence-corrected chi connectivity index (χ0v) is 18.6. The lowest BCUT2D eigenvalue weighted by Gasteiger charge is -2.38. The van der Waals surface area contributed by atoms with Gasteiger partial charge >= 0.3 is 0 Å². The summed E-state index contributed by atoms with van der Waals surface area (Å²) >= 11 is 0. The highest BCUT2D eigenvalue weighted by Gasteiger charge is 2.50. The van der Waals surface area contributed by atoms with Crippen LogP contribution in [0, 0.1) is 5.41 Å².